The van der Waals surface area contributed by atoms with Gasteiger partial charge in [-0.15, -0.1) is 0 Å². The Hall–Kier alpha value is -0.220. The Morgan fingerprint density at radius 1 is 1.50 bits per heavy atom. The summed E-state index contributed by atoms with van der Waals surface area (Å²) in [5.41, 5.74) is -0.00138. The van der Waals surface area contributed by atoms with Gasteiger partial charge in [-0.25, -0.2) is 0 Å². The average molecular weight is 190 g/mol. The van der Waals surface area contributed by atoms with Crippen molar-refractivity contribution < 1.29 is 4.79 Å². The third kappa shape index (κ3) is 3.97. The summed E-state index contributed by atoms with van der Waals surface area (Å²) in [7, 11) is 3.99. The number of carbonyl (C=O) groups is 1. The maximum atomic E-state index is 10.9. The van der Waals surface area contributed by atoms with Crippen molar-refractivity contribution in [2.75, 3.05) is 26.4 Å². The van der Waals surface area contributed by atoms with Crippen LogP contribution in [0.4, 0.5) is 0 Å². The topological polar surface area (TPSA) is 32.3 Å². The number of likely N-dealkylation sites (N-methyl/N-ethyl adjacent to an activating group) is 1. The number of nitrogens with one attached hydrogen (secondary N) is 1. The van der Waals surface area contributed by atoms with E-state index in [2.05, 4.69) is 36.7 Å². The summed E-state index contributed by atoms with van der Waals surface area (Å²) >= 11 is 3.87. The summed E-state index contributed by atoms with van der Waals surface area (Å²) in [6, 6.07) is 0. The molecule has 0 fully saturated rings. The third-order valence-corrected chi connectivity index (χ3v) is 2.36. The molecule has 0 aliphatic carbocycles. The summed E-state index contributed by atoms with van der Waals surface area (Å²) in [6.07, 6.45) is 0. The van der Waals surface area contributed by atoms with Gasteiger partial charge in [0.2, 0.25) is 5.91 Å². The predicted molar refractivity (Wildman–Crippen MR) is 54.6 cm³/mol. The van der Waals surface area contributed by atoms with E-state index in [0.717, 1.165) is 0 Å². The molecule has 12 heavy (non-hydrogen) atoms. The van der Waals surface area contributed by atoms with Gasteiger partial charge in [0.15, 0.2) is 0 Å². The van der Waals surface area contributed by atoms with E-state index in [1.807, 2.05) is 14.1 Å². The van der Waals surface area contributed by atoms with Crippen LogP contribution in [0, 0.1) is 0 Å². The Kier molecular flexibility index (Phi) is 4.63. The Labute approximate surface area is 79.9 Å². The van der Waals surface area contributed by atoms with Crippen molar-refractivity contribution >= 4 is 18.5 Å². The third-order valence-electron chi connectivity index (χ3n) is 2.07. The lowest BCUT2D eigenvalue weighted by atomic mass is 10.0. The molecule has 0 aromatic carbocycles. The van der Waals surface area contributed by atoms with E-state index in [0.29, 0.717) is 6.54 Å². The molecule has 0 atom stereocenters. The van der Waals surface area contributed by atoms with Crippen molar-refractivity contribution in [1.29, 1.82) is 0 Å². The van der Waals surface area contributed by atoms with Crippen LogP contribution in [0.25, 0.3) is 0 Å². The molecule has 0 unspecified atom stereocenters. The summed E-state index contributed by atoms with van der Waals surface area (Å²) in [5.74, 6) is 0.233. The highest BCUT2D eigenvalue weighted by Gasteiger charge is 2.20. The molecular formula is C8H18N2OS. The van der Waals surface area contributed by atoms with E-state index in [9.17, 15) is 4.79 Å². The zero-order valence-corrected chi connectivity index (χ0v) is 9.11. The van der Waals surface area contributed by atoms with E-state index in [1.54, 1.807) is 0 Å². The van der Waals surface area contributed by atoms with Crippen molar-refractivity contribution in [3.8, 4) is 0 Å². The van der Waals surface area contributed by atoms with Crippen molar-refractivity contribution in [2.45, 2.75) is 19.4 Å². The molecule has 1 amide bonds. The number of rotatable bonds is 4. The van der Waals surface area contributed by atoms with Crippen molar-refractivity contribution in [2.24, 2.45) is 0 Å². The Balaban J connectivity index is 3.83. The smallest absolute Gasteiger partial charge is 0.229 e. The van der Waals surface area contributed by atoms with Crippen LogP contribution in [-0.4, -0.2) is 42.7 Å². The summed E-state index contributed by atoms with van der Waals surface area (Å²) < 4.78 is 0. The van der Waals surface area contributed by atoms with Crippen molar-refractivity contribution in [3.63, 3.8) is 0 Å². The molecule has 0 heterocycles. The molecule has 0 saturated carbocycles. The fourth-order valence-corrected chi connectivity index (χ4v) is 0.641. The number of thiol groups is 1. The second-order valence-electron chi connectivity index (χ2n) is 3.64. The van der Waals surface area contributed by atoms with E-state index in [-0.39, 0.29) is 17.2 Å². The van der Waals surface area contributed by atoms with Crippen LogP contribution in [0.1, 0.15) is 13.8 Å². The number of nitrogens with zero attached hydrogens (tertiary/aromatic N) is 1. The lowest BCUT2D eigenvalue weighted by Gasteiger charge is -2.32. The van der Waals surface area contributed by atoms with E-state index in [4.69, 9.17) is 0 Å². The van der Waals surface area contributed by atoms with Gasteiger partial charge in [-0.05, 0) is 27.9 Å². The van der Waals surface area contributed by atoms with Gasteiger partial charge in [0.05, 0.1) is 5.75 Å². The number of hydrogen-bond donors (Lipinski definition) is 2. The van der Waals surface area contributed by atoms with Crippen LogP contribution >= 0.6 is 12.6 Å². The molecule has 0 radical (unpaired) electrons. The SMILES string of the molecule is CN(C)C(C)(C)CNC(=O)CS. The molecule has 3 nitrogen and oxygen atoms in total. The zero-order valence-electron chi connectivity index (χ0n) is 8.22. The summed E-state index contributed by atoms with van der Waals surface area (Å²) in [4.78, 5) is 13.0. The van der Waals surface area contributed by atoms with E-state index >= 15 is 0 Å². The summed E-state index contributed by atoms with van der Waals surface area (Å²) in [6.45, 7) is 4.80. The van der Waals surface area contributed by atoms with Crippen molar-refractivity contribution in [1.82, 2.24) is 10.2 Å². The molecule has 0 bridgehead atoms. The van der Waals surface area contributed by atoms with Gasteiger partial charge in [-0.2, -0.15) is 12.6 Å². The molecule has 72 valence electrons. The Bertz CT molecular complexity index is 157. The number of amides is 1. The van der Waals surface area contributed by atoms with Crippen molar-refractivity contribution in [3.05, 3.63) is 0 Å². The largest absolute Gasteiger partial charge is 0.354 e. The van der Waals surface area contributed by atoms with Gasteiger partial charge in [0.1, 0.15) is 0 Å². The van der Waals surface area contributed by atoms with Gasteiger partial charge >= 0.3 is 0 Å². The molecule has 0 aliphatic heterocycles. The van der Waals surface area contributed by atoms with Crippen LogP contribution in [0.3, 0.4) is 0 Å². The van der Waals surface area contributed by atoms with Gasteiger partial charge in [0, 0.05) is 12.1 Å². The predicted octanol–water partition coefficient (Wildman–Crippen LogP) is 0.373. The minimum absolute atomic E-state index is 0.00138. The lowest BCUT2D eigenvalue weighted by molar-refractivity contribution is -0.119. The molecule has 0 rings (SSSR count). The quantitative estimate of drug-likeness (QED) is 0.628. The molecule has 1 N–H and O–H groups in total. The average Bonchev–Trinajstić information content (AvgIpc) is 2.00. The first-order chi connectivity index (χ1) is 5.40. The van der Waals surface area contributed by atoms with Crippen LogP contribution < -0.4 is 5.32 Å². The Morgan fingerprint density at radius 2 is 2.00 bits per heavy atom. The second-order valence-corrected chi connectivity index (χ2v) is 3.96. The van der Waals surface area contributed by atoms with Crippen LogP contribution in [0.15, 0.2) is 0 Å². The zero-order chi connectivity index (χ0) is 9.78. The number of carbonyl (C=O) groups excluding carboxylic acids is 1. The molecule has 0 aromatic rings. The number of hydrogen-bond acceptors (Lipinski definition) is 3. The molecular weight excluding hydrogens is 172 g/mol. The lowest BCUT2D eigenvalue weighted by Crippen LogP contribution is -2.48. The highest BCUT2D eigenvalue weighted by atomic mass is 32.1. The maximum Gasteiger partial charge on any atom is 0.229 e. The summed E-state index contributed by atoms with van der Waals surface area (Å²) in [5, 5.41) is 2.80. The fraction of sp³-hybridized carbons (Fsp3) is 0.875. The van der Waals surface area contributed by atoms with Crippen LogP contribution in [-0.2, 0) is 4.79 Å². The molecule has 0 saturated heterocycles. The Morgan fingerprint density at radius 3 is 2.33 bits per heavy atom. The normalized spacial score (nSPS) is 11.8. The van der Waals surface area contributed by atoms with Gasteiger partial charge < -0.3 is 10.2 Å². The fourth-order valence-electron chi connectivity index (χ4n) is 0.529. The van der Waals surface area contributed by atoms with Crippen LogP contribution in [0.5, 0.6) is 0 Å². The van der Waals surface area contributed by atoms with Crippen LogP contribution in [0.2, 0.25) is 0 Å². The molecule has 0 aliphatic rings. The highest BCUT2D eigenvalue weighted by molar-refractivity contribution is 7.81. The first-order valence-corrected chi connectivity index (χ1v) is 4.58. The molecule has 0 aromatic heterocycles. The first kappa shape index (κ1) is 11.8. The molecule has 0 spiro atoms. The van der Waals surface area contributed by atoms with Gasteiger partial charge in [-0.3, -0.25) is 4.79 Å². The second kappa shape index (κ2) is 4.72. The monoisotopic (exact) mass is 190 g/mol. The molecule has 4 heteroatoms. The van der Waals surface area contributed by atoms with E-state index < -0.39 is 0 Å². The van der Waals surface area contributed by atoms with Gasteiger partial charge in [-0.1, -0.05) is 0 Å². The maximum absolute atomic E-state index is 10.9. The standard InChI is InChI=1S/C8H18N2OS/c1-8(2,10(3)4)6-9-7(11)5-12/h12H,5-6H2,1-4H3,(H,9,11). The minimum atomic E-state index is -0.0201. The first-order valence-electron chi connectivity index (χ1n) is 3.95. The van der Waals surface area contributed by atoms with E-state index in [1.165, 1.54) is 0 Å². The highest BCUT2D eigenvalue weighted by Crippen LogP contribution is 2.07. The minimum Gasteiger partial charge on any atom is -0.354 e. The van der Waals surface area contributed by atoms with Gasteiger partial charge in [0.25, 0.3) is 0 Å².